The van der Waals surface area contributed by atoms with Crippen molar-refractivity contribution in [3.05, 3.63) is 54.0 Å². The van der Waals surface area contributed by atoms with E-state index >= 15 is 0 Å². The van der Waals surface area contributed by atoms with E-state index in [1.54, 1.807) is 17.9 Å². The number of amides is 1. The number of nitrogens with zero attached hydrogens (tertiary/aromatic N) is 4. The molecule has 1 aromatic carbocycles. The molecule has 0 unspecified atom stereocenters. The molecule has 1 amide bonds. The van der Waals surface area contributed by atoms with E-state index in [-0.39, 0.29) is 11.9 Å². The fourth-order valence-electron chi connectivity index (χ4n) is 3.67. The van der Waals surface area contributed by atoms with Gasteiger partial charge in [-0.25, -0.2) is 0 Å². The molecule has 140 valence electrons. The number of hydrogen-bond acceptors (Lipinski definition) is 4. The molecular formula is C20H23N5O2. The van der Waals surface area contributed by atoms with E-state index in [1.807, 2.05) is 48.5 Å². The van der Waals surface area contributed by atoms with Crippen molar-refractivity contribution < 1.29 is 9.53 Å². The van der Waals surface area contributed by atoms with E-state index in [0.717, 1.165) is 42.8 Å². The number of aryl methyl sites for hydroxylation is 1. The fraction of sp³-hybridized carbons (Fsp3) is 0.350. The number of piperidine rings is 1. The Hall–Kier alpha value is -3.09. The molecule has 0 bridgehead atoms. The summed E-state index contributed by atoms with van der Waals surface area (Å²) in [7, 11) is 3.52. The van der Waals surface area contributed by atoms with Gasteiger partial charge in [0.05, 0.1) is 24.5 Å². The number of para-hydroxylation sites is 1. The average molecular weight is 365 g/mol. The number of H-pyrrole nitrogens is 1. The van der Waals surface area contributed by atoms with Gasteiger partial charge in [-0.2, -0.15) is 10.2 Å². The quantitative estimate of drug-likeness (QED) is 0.770. The largest absolute Gasteiger partial charge is 0.496 e. The van der Waals surface area contributed by atoms with Crippen molar-refractivity contribution in [2.75, 3.05) is 13.7 Å². The Labute approximate surface area is 157 Å². The summed E-state index contributed by atoms with van der Waals surface area (Å²) in [5.74, 6) is 0.686. The Balaban J connectivity index is 1.61. The van der Waals surface area contributed by atoms with Gasteiger partial charge < -0.3 is 9.64 Å². The molecule has 0 spiro atoms. The number of nitrogens with one attached hydrogen (secondary N) is 1. The molecule has 4 rings (SSSR count). The summed E-state index contributed by atoms with van der Waals surface area (Å²) in [5.41, 5.74) is 2.98. The molecule has 0 radical (unpaired) electrons. The zero-order valence-corrected chi connectivity index (χ0v) is 15.6. The lowest BCUT2D eigenvalue weighted by atomic mass is 9.99. The molecule has 1 saturated heterocycles. The average Bonchev–Trinajstić information content (AvgIpc) is 3.37. The minimum absolute atomic E-state index is 0.00506. The summed E-state index contributed by atoms with van der Waals surface area (Å²) >= 11 is 0. The summed E-state index contributed by atoms with van der Waals surface area (Å²) in [4.78, 5) is 15.1. The summed E-state index contributed by atoms with van der Waals surface area (Å²) in [6.45, 7) is 0.725. The second kappa shape index (κ2) is 7.26. The van der Waals surface area contributed by atoms with Crippen molar-refractivity contribution in [1.82, 2.24) is 24.9 Å². The number of likely N-dealkylation sites (tertiary alicyclic amines) is 1. The predicted molar refractivity (Wildman–Crippen MR) is 101 cm³/mol. The van der Waals surface area contributed by atoms with E-state index < -0.39 is 0 Å². The fourth-order valence-corrected chi connectivity index (χ4v) is 3.67. The third kappa shape index (κ3) is 3.32. The predicted octanol–water partition coefficient (Wildman–Crippen LogP) is 3.19. The maximum Gasteiger partial charge on any atom is 0.272 e. The number of aromatic amines is 1. The number of hydrogen-bond donors (Lipinski definition) is 1. The SMILES string of the molecule is COc1ccccc1-c1cc(C(=O)N2CCCC[C@@H]2c2ccn(C)n2)[nH]n1. The number of carbonyl (C=O) groups is 1. The van der Waals surface area contributed by atoms with Crippen molar-refractivity contribution in [2.45, 2.75) is 25.3 Å². The zero-order valence-electron chi connectivity index (χ0n) is 15.6. The number of ether oxygens (including phenoxy) is 1. The van der Waals surface area contributed by atoms with Gasteiger partial charge in [-0.05, 0) is 43.5 Å². The van der Waals surface area contributed by atoms with Crippen LogP contribution in [0.3, 0.4) is 0 Å². The van der Waals surface area contributed by atoms with Crippen LogP contribution in [0.4, 0.5) is 0 Å². The van der Waals surface area contributed by atoms with Crippen LogP contribution in [0.1, 0.15) is 41.5 Å². The van der Waals surface area contributed by atoms with Gasteiger partial charge in [0.25, 0.3) is 5.91 Å². The van der Waals surface area contributed by atoms with E-state index in [9.17, 15) is 4.79 Å². The van der Waals surface area contributed by atoms with E-state index in [4.69, 9.17) is 4.74 Å². The van der Waals surface area contributed by atoms with Gasteiger partial charge in [0.15, 0.2) is 0 Å². The molecule has 7 heteroatoms. The Morgan fingerprint density at radius 3 is 2.89 bits per heavy atom. The molecule has 27 heavy (non-hydrogen) atoms. The first-order valence-electron chi connectivity index (χ1n) is 9.16. The maximum absolute atomic E-state index is 13.2. The third-order valence-electron chi connectivity index (χ3n) is 5.03. The second-order valence-corrected chi connectivity index (χ2v) is 6.79. The normalized spacial score (nSPS) is 17.1. The van der Waals surface area contributed by atoms with Gasteiger partial charge in [0.1, 0.15) is 11.4 Å². The number of benzene rings is 1. The first-order valence-corrected chi connectivity index (χ1v) is 9.16. The molecule has 3 aromatic rings. The highest BCUT2D eigenvalue weighted by atomic mass is 16.5. The summed E-state index contributed by atoms with van der Waals surface area (Å²) in [6, 6.07) is 11.4. The Morgan fingerprint density at radius 2 is 2.11 bits per heavy atom. The summed E-state index contributed by atoms with van der Waals surface area (Å²) < 4.78 is 7.18. The molecule has 1 N–H and O–H groups in total. The second-order valence-electron chi connectivity index (χ2n) is 6.79. The van der Waals surface area contributed by atoms with Crippen LogP contribution in [-0.2, 0) is 7.05 Å². The highest BCUT2D eigenvalue weighted by molar-refractivity contribution is 5.94. The van der Waals surface area contributed by atoms with E-state index in [2.05, 4.69) is 15.3 Å². The molecule has 3 heterocycles. The standard InChI is InChI=1S/C20H23N5O2/c1-24-12-10-15(23-24)18-8-5-6-11-25(18)20(26)17-13-16(21-22-17)14-7-3-4-9-19(14)27-2/h3-4,7,9-10,12-13,18H,5-6,8,11H2,1-2H3,(H,21,22)/t18-/m1/s1. The number of rotatable bonds is 4. The Kier molecular flexibility index (Phi) is 4.66. The van der Waals surface area contributed by atoms with Gasteiger partial charge >= 0.3 is 0 Å². The highest BCUT2D eigenvalue weighted by Crippen LogP contribution is 2.32. The van der Waals surface area contributed by atoms with Crippen LogP contribution in [-0.4, -0.2) is 44.4 Å². The molecular weight excluding hydrogens is 342 g/mol. The highest BCUT2D eigenvalue weighted by Gasteiger charge is 2.31. The van der Waals surface area contributed by atoms with Crippen LogP contribution < -0.4 is 4.74 Å². The lowest BCUT2D eigenvalue weighted by Gasteiger charge is -2.34. The first-order chi connectivity index (χ1) is 13.2. The van der Waals surface area contributed by atoms with Gasteiger partial charge in [0.2, 0.25) is 0 Å². The van der Waals surface area contributed by atoms with Crippen molar-refractivity contribution in [1.29, 1.82) is 0 Å². The first kappa shape index (κ1) is 17.3. The Bertz CT molecular complexity index is 945. The van der Waals surface area contributed by atoms with Gasteiger partial charge in [0, 0.05) is 25.4 Å². The minimum Gasteiger partial charge on any atom is -0.496 e. The molecule has 1 aliphatic heterocycles. The van der Waals surface area contributed by atoms with Crippen LogP contribution >= 0.6 is 0 Å². The van der Waals surface area contributed by atoms with Crippen LogP contribution in [0.25, 0.3) is 11.3 Å². The maximum atomic E-state index is 13.2. The smallest absolute Gasteiger partial charge is 0.272 e. The van der Waals surface area contributed by atoms with Crippen LogP contribution in [0, 0.1) is 0 Å². The van der Waals surface area contributed by atoms with Crippen molar-refractivity contribution in [3.8, 4) is 17.0 Å². The zero-order chi connectivity index (χ0) is 18.8. The van der Waals surface area contributed by atoms with Gasteiger partial charge in [-0.15, -0.1) is 0 Å². The monoisotopic (exact) mass is 365 g/mol. The number of methoxy groups -OCH3 is 1. The molecule has 0 saturated carbocycles. The van der Waals surface area contributed by atoms with E-state index in [0.29, 0.717) is 11.4 Å². The summed E-state index contributed by atoms with van der Waals surface area (Å²) in [5, 5.41) is 11.8. The van der Waals surface area contributed by atoms with Crippen LogP contribution in [0.5, 0.6) is 5.75 Å². The summed E-state index contributed by atoms with van der Waals surface area (Å²) in [6.07, 6.45) is 4.95. The number of carbonyl (C=O) groups excluding carboxylic acids is 1. The third-order valence-corrected chi connectivity index (χ3v) is 5.03. The number of aromatic nitrogens is 4. The van der Waals surface area contributed by atoms with Crippen molar-refractivity contribution in [3.63, 3.8) is 0 Å². The van der Waals surface area contributed by atoms with E-state index in [1.165, 1.54) is 0 Å². The molecule has 1 aliphatic rings. The molecule has 1 atom stereocenters. The minimum atomic E-state index is -0.0426. The molecule has 2 aromatic heterocycles. The molecule has 1 fully saturated rings. The molecule has 7 nitrogen and oxygen atoms in total. The Morgan fingerprint density at radius 1 is 1.26 bits per heavy atom. The van der Waals surface area contributed by atoms with Crippen molar-refractivity contribution >= 4 is 5.91 Å². The lowest BCUT2D eigenvalue weighted by molar-refractivity contribution is 0.0599. The van der Waals surface area contributed by atoms with Gasteiger partial charge in [-0.3, -0.25) is 14.6 Å². The van der Waals surface area contributed by atoms with Crippen molar-refractivity contribution in [2.24, 2.45) is 7.05 Å². The van der Waals surface area contributed by atoms with Crippen LogP contribution in [0.2, 0.25) is 0 Å². The molecule has 0 aliphatic carbocycles. The van der Waals surface area contributed by atoms with Crippen LogP contribution in [0.15, 0.2) is 42.6 Å². The topological polar surface area (TPSA) is 76.0 Å². The lowest BCUT2D eigenvalue weighted by Crippen LogP contribution is -2.39. The van der Waals surface area contributed by atoms with Gasteiger partial charge in [-0.1, -0.05) is 12.1 Å².